The van der Waals surface area contributed by atoms with E-state index < -0.39 is 0 Å². The van der Waals surface area contributed by atoms with Crippen molar-refractivity contribution in [3.63, 3.8) is 0 Å². The van der Waals surface area contributed by atoms with Gasteiger partial charge < -0.3 is 10.1 Å². The zero-order chi connectivity index (χ0) is 18.6. The maximum Gasteiger partial charge on any atom is 0.141 e. The number of aromatic nitrogens is 3. The molecule has 0 radical (unpaired) electrons. The van der Waals surface area contributed by atoms with Crippen molar-refractivity contribution >= 4 is 34.0 Å². The Kier molecular flexibility index (Phi) is 4.85. The van der Waals surface area contributed by atoms with Crippen molar-refractivity contribution in [2.24, 2.45) is 0 Å². The Labute approximate surface area is 162 Å². The first kappa shape index (κ1) is 17.2. The molecule has 0 saturated heterocycles. The number of hydrogen-bond donors (Lipinski definition) is 1. The van der Waals surface area contributed by atoms with Crippen LogP contribution in [0, 0.1) is 6.92 Å². The zero-order valence-corrected chi connectivity index (χ0v) is 15.4. The van der Waals surface area contributed by atoms with Gasteiger partial charge in [0.1, 0.15) is 24.5 Å². The third-order valence-electron chi connectivity index (χ3n) is 4.06. The third kappa shape index (κ3) is 3.99. The molecule has 27 heavy (non-hydrogen) atoms. The molecule has 6 heteroatoms. The Hall–Kier alpha value is -3.18. The van der Waals surface area contributed by atoms with Crippen LogP contribution in [-0.2, 0) is 6.61 Å². The lowest BCUT2D eigenvalue weighted by molar-refractivity contribution is 0.301. The van der Waals surface area contributed by atoms with Crippen molar-refractivity contribution in [1.82, 2.24) is 15.0 Å². The Morgan fingerprint density at radius 2 is 1.89 bits per heavy atom. The van der Waals surface area contributed by atoms with E-state index in [-0.39, 0.29) is 0 Å². The average Bonchev–Trinajstić information content (AvgIpc) is 2.68. The van der Waals surface area contributed by atoms with Crippen LogP contribution in [0.5, 0.6) is 5.75 Å². The molecule has 0 unspecified atom stereocenters. The van der Waals surface area contributed by atoms with Crippen molar-refractivity contribution in [1.29, 1.82) is 0 Å². The fraction of sp³-hybridized carbons (Fsp3) is 0.0952. The highest BCUT2D eigenvalue weighted by atomic mass is 35.5. The largest absolute Gasteiger partial charge is 0.486 e. The maximum atomic E-state index is 6.39. The van der Waals surface area contributed by atoms with Gasteiger partial charge in [-0.1, -0.05) is 29.8 Å². The third-order valence-corrected chi connectivity index (χ3v) is 4.35. The molecule has 2 aromatic carbocycles. The summed E-state index contributed by atoms with van der Waals surface area (Å²) in [5.74, 6) is 1.34. The summed E-state index contributed by atoms with van der Waals surface area (Å²) in [7, 11) is 0. The van der Waals surface area contributed by atoms with Crippen LogP contribution in [0.3, 0.4) is 0 Å². The summed E-state index contributed by atoms with van der Waals surface area (Å²) in [5, 5.41) is 4.76. The second-order valence-corrected chi connectivity index (χ2v) is 6.48. The topological polar surface area (TPSA) is 59.9 Å². The fourth-order valence-electron chi connectivity index (χ4n) is 2.77. The van der Waals surface area contributed by atoms with E-state index in [1.807, 2.05) is 67.6 Å². The van der Waals surface area contributed by atoms with Gasteiger partial charge in [0.15, 0.2) is 0 Å². The van der Waals surface area contributed by atoms with Crippen molar-refractivity contribution in [2.75, 3.05) is 5.32 Å². The highest BCUT2D eigenvalue weighted by Crippen LogP contribution is 2.30. The fourth-order valence-corrected chi connectivity index (χ4v) is 3.00. The quantitative estimate of drug-likeness (QED) is 0.511. The predicted molar refractivity (Wildman–Crippen MR) is 108 cm³/mol. The first-order valence-electron chi connectivity index (χ1n) is 8.51. The van der Waals surface area contributed by atoms with Gasteiger partial charge in [0, 0.05) is 16.8 Å². The van der Waals surface area contributed by atoms with Crippen LogP contribution < -0.4 is 10.1 Å². The number of fused-ring (bicyclic) bond motifs is 1. The average molecular weight is 377 g/mol. The lowest BCUT2D eigenvalue weighted by atomic mass is 10.2. The number of ether oxygens (including phenoxy) is 1. The van der Waals surface area contributed by atoms with Crippen LogP contribution in [0.4, 0.5) is 11.5 Å². The minimum Gasteiger partial charge on any atom is -0.486 e. The summed E-state index contributed by atoms with van der Waals surface area (Å²) in [6, 6.07) is 19.2. The molecule has 2 aromatic heterocycles. The smallest absolute Gasteiger partial charge is 0.141 e. The number of rotatable bonds is 5. The molecule has 0 bridgehead atoms. The van der Waals surface area contributed by atoms with Crippen LogP contribution in [0.1, 0.15) is 11.4 Å². The Balaban J connectivity index is 1.51. The molecule has 4 aromatic rings. The molecule has 0 aliphatic carbocycles. The Morgan fingerprint density at radius 3 is 2.74 bits per heavy atom. The van der Waals surface area contributed by atoms with Gasteiger partial charge in [-0.2, -0.15) is 0 Å². The van der Waals surface area contributed by atoms with E-state index in [1.165, 1.54) is 0 Å². The monoisotopic (exact) mass is 376 g/mol. The minimum absolute atomic E-state index is 0.366. The second-order valence-electron chi connectivity index (χ2n) is 6.07. The summed E-state index contributed by atoms with van der Waals surface area (Å²) < 4.78 is 5.81. The molecule has 0 spiro atoms. The summed E-state index contributed by atoms with van der Waals surface area (Å²) in [6.45, 7) is 2.32. The number of hydrogen-bond acceptors (Lipinski definition) is 5. The van der Waals surface area contributed by atoms with E-state index >= 15 is 0 Å². The number of nitrogens with zero attached hydrogens (tertiary/aromatic N) is 3. The van der Waals surface area contributed by atoms with Crippen molar-refractivity contribution in [3.8, 4) is 5.75 Å². The number of pyridine rings is 1. The van der Waals surface area contributed by atoms with Crippen LogP contribution >= 0.6 is 11.6 Å². The van der Waals surface area contributed by atoms with Gasteiger partial charge >= 0.3 is 0 Å². The van der Waals surface area contributed by atoms with E-state index in [0.717, 1.165) is 33.8 Å². The van der Waals surface area contributed by atoms with Crippen molar-refractivity contribution in [2.45, 2.75) is 13.5 Å². The van der Waals surface area contributed by atoms with Gasteiger partial charge in [-0.25, -0.2) is 9.97 Å². The summed E-state index contributed by atoms with van der Waals surface area (Å²) in [4.78, 5) is 13.0. The van der Waals surface area contributed by atoms with E-state index in [9.17, 15) is 0 Å². The summed E-state index contributed by atoms with van der Waals surface area (Å²) >= 11 is 6.39. The molecule has 0 aliphatic rings. The number of aryl methyl sites for hydroxylation is 1. The normalized spacial score (nSPS) is 10.7. The van der Waals surface area contributed by atoms with Gasteiger partial charge in [-0.05, 0) is 49.4 Å². The van der Waals surface area contributed by atoms with E-state index in [1.54, 1.807) is 6.33 Å². The Morgan fingerprint density at radius 1 is 1.00 bits per heavy atom. The van der Waals surface area contributed by atoms with E-state index in [2.05, 4.69) is 20.3 Å². The molecular formula is C21H17ClN4O. The summed E-state index contributed by atoms with van der Waals surface area (Å²) in [6.07, 6.45) is 1.54. The zero-order valence-electron chi connectivity index (χ0n) is 14.7. The van der Waals surface area contributed by atoms with Gasteiger partial charge in [-0.15, -0.1) is 0 Å². The predicted octanol–water partition coefficient (Wildman–Crippen LogP) is 5.31. The van der Waals surface area contributed by atoms with E-state index in [4.69, 9.17) is 16.3 Å². The second kappa shape index (κ2) is 7.60. The molecule has 0 aliphatic heterocycles. The maximum absolute atomic E-state index is 6.39. The van der Waals surface area contributed by atoms with Crippen LogP contribution in [0.25, 0.3) is 10.9 Å². The molecule has 0 saturated carbocycles. The van der Waals surface area contributed by atoms with Gasteiger partial charge in [0.25, 0.3) is 0 Å². The standard InChI is InChI=1S/C21H17ClN4O/c1-14-5-4-6-16(25-14)12-27-20-10-9-15(11-18(20)22)26-21-17-7-2-3-8-19(17)23-13-24-21/h2-11,13H,12H2,1H3,(H,23,24,26). The molecule has 4 rings (SSSR count). The van der Waals surface area contributed by atoms with Crippen LogP contribution in [-0.4, -0.2) is 15.0 Å². The lowest BCUT2D eigenvalue weighted by Gasteiger charge is -2.11. The van der Waals surface area contributed by atoms with Gasteiger partial charge in [-0.3, -0.25) is 4.98 Å². The molecule has 134 valence electrons. The van der Waals surface area contributed by atoms with Crippen LogP contribution in [0.15, 0.2) is 67.0 Å². The summed E-state index contributed by atoms with van der Waals surface area (Å²) in [5.41, 5.74) is 3.52. The van der Waals surface area contributed by atoms with Crippen molar-refractivity contribution in [3.05, 3.63) is 83.4 Å². The van der Waals surface area contributed by atoms with Crippen molar-refractivity contribution < 1.29 is 4.74 Å². The van der Waals surface area contributed by atoms with Crippen LogP contribution in [0.2, 0.25) is 5.02 Å². The number of halogens is 1. The number of anilines is 2. The number of nitrogens with one attached hydrogen (secondary N) is 1. The molecular weight excluding hydrogens is 360 g/mol. The molecule has 0 amide bonds. The molecule has 0 fully saturated rings. The molecule has 2 heterocycles. The number of para-hydroxylation sites is 1. The van der Waals surface area contributed by atoms with Gasteiger partial charge in [0.05, 0.1) is 16.2 Å². The first-order chi connectivity index (χ1) is 13.2. The van der Waals surface area contributed by atoms with E-state index in [0.29, 0.717) is 17.4 Å². The minimum atomic E-state index is 0.366. The SMILES string of the molecule is Cc1cccc(COc2ccc(Nc3ncnc4ccccc34)cc2Cl)n1. The Bertz CT molecular complexity index is 1090. The molecule has 5 nitrogen and oxygen atoms in total. The molecule has 1 N–H and O–H groups in total. The molecule has 0 atom stereocenters. The number of benzene rings is 2. The highest BCUT2D eigenvalue weighted by molar-refractivity contribution is 6.32. The lowest BCUT2D eigenvalue weighted by Crippen LogP contribution is -2.00. The highest BCUT2D eigenvalue weighted by Gasteiger charge is 2.07. The first-order valence-corrected chi connectivity index (χ1v) is 8.88. The van der Waals surface area contributed by atoms with Gasteiger partial charge in [0.2, 0.25) is 0 Å².